The van der Waals surface area contributed by atoms with Crippen LogP contribution in [-0.4, -0.2) is 39.2 Å². The Morgan fingerprint density at radius 2 is 1.89 bits per heavy atom. The van der Waals surface area contributed by atoms with Crippen molar-refractivity contribution in [2.24, 2.45) is 5.41 Å². The quantitative estimate of drug-likeness (QED) is 0.506. The van der Waals surface area contributed by atoms with Gasteiger partial charge in [-0.15, -0.1) is 0 Å². The van der Waals surface area contributed by atoms with E-state index in [4.69, 9.17) is 22.9 Å². The van der Waals surface area contributed by atoms with Crippen LogP contribution < -0.4 is 0 Å². The summed E-state index contributed by atoms with van der Waals surface area (Å²) in [4.78, 5) is 0. The van der Waals surface area contributed by atoms with Crippen LogP contribution in [0.3, 0.4) is 0 Å². The van der Waals surface area contributed by atoms with Gasteiger partial charge in [0.2, 0.25) is 0 Å². The maximum Gasteiger partial charge on any atom is 0.488 e. The molecular formula is C12H21BO5P. The molecule has 0 amide bonds. The molecule has 3 heterocycles. The molecule has 3 aliphatic heterocycles. The Kier molecular flexibility index (Phi) is 4.19. The Morgan fingerprint density at radius 1 is 1.16 bits per heavy atom. The summed E-state index contributed by atoms with van der Waals surface area (Å²) in [6.07, 6.45) is 4.57. The highest BCUT2D eigenvalue weighted by atomic mass is 31.2. The molecule has 107 valence electrons. The first-order valence-corrected chi connectivity index (χ1v) is 8.18. The van der Waals surface area contributed by atoms with Gasteiger partial charge < -0.3 is 22.9 Å². The number of hydrogen-bond donors (Lipinski definition) is 0. The predicted molar refractivity (Wildman–Crippen MR) is 71.5 cm³/mol. The van der Waals surface area contributed by atoms with E-state index < -0.39 is 8.60 Å². The average molecular weight is 287 g/mol. The molecule has 3 saturated heterocycles. The van der Waals surface area contributed by atoms with Gasteiger partial charge in [0.25, 0.3) is 0 Å². The highest BCUT2D eigenvalue weighted by Gasteiger charge is 2.66. The minimum Gasteiger partial charge on any atom is -0.412 e. The molecule has 4 fully saturated rings. The summed E-state index contributed by atoms with van der Waals surface area (Å²) in [5.74, 6) is 0. The van der Waals surface area contributed by atoms with Gasteiger partial charge in [-0.2, -0.15) is 0 Å². The second kappa shape index (κ2) is 5.59. The third-order valence-corrected chi connectivity index (χ3v) is 5.28. The van der Waals surface area contributed by atoms with Crippen molar-refractivity contribution in [1.82, 2.24) is 0 Å². The van der Waals surface area contributed by atoms with Crippen molar-refractivity contribution in [3.63, 3.8) is 0 Å². The fourth-order valence-corrected chi connectivity index (χ4v) is 4.90. The van der Waals surface area contributed by atoms with Gasteiger partial charge in [-0.05, 0) is 19.3 Å². The van der Waals surface area contributed by atoms with Crippen LogP contribution in [-0.2, 0) is 22.9 Å². The molecule has 19 heavy (non-hydrogen) atoms. The van der Waals surface area contributed by atoms with E-state index in [9.17, 15) is 0 Å². The molecule has 0 aromatic carbocycles. The molecule has 4 rings (SSSR count). The van der Waals surface area contributed by atoms with E-state index in [0.29, 0.717) is 19.8 Å². The molecule has 0 aromatic heterocycles. The predicted octanol–water partition coefficient (Wildman–Crippen LogP) is 2.57. The second-order valence-corrected chi connectivity index (χ2v) is 6.88. The molecule has 0 N–H and O–H groups in total. The van der Waals surface area contributed by atoms with Crippen LogP contribution in [0.4, 0.5) is 0 Å². The fraction of sp³-hybridized carbons (Fsp3) is 1.00. The average Bonchev–Trinajstić information content (AvgIpc) is 2.99. The lowest BCUT2D eigenvalue weighted by molar-refractivity contribution is -0.145. The number of fused-ring (bicyclic) bond motifs is 2. The maximum atomic E-state index is 5.89. The van der Waals surface area contributed by atoms with Crippen LogP contribution in [0.5, 0.6) is 0 Å². The zero-order valence-corrected chi connectivity index (χ0v) is 12.5. The zero-order chi connectivity index (χ0) is 13.3. The van der Waals surface area contributed by atoms with Crippen LogP contribution in [0.2, 0.25) is 0 Å². The fourth-order valence-electron chi connectivity index (χ4n) is 3.30. The van der Waals surface area contributed by atoms with Gasteiger partial charge in [0.1, 0.15) is 11.7 Å². The molecule has 3 atom stereocenters. The molecule has 1 saturated carbocycles. The minimum atomic E-state index is -1.10. The standard InChI is InChI=1S/C9H13BO5P.C3H8/c1-2-8(4-11-10-12-5-8)7-9(3-1)6-13-16(14-7)15-9;1-3-2/h7H,1-6H2;3H2,1-2H3. The van der Waals surface area contributed by atoms with E-state index >= 15 is 0 Å². The van der Waals surface area contributed by atoms with E-state index in [1.165, 1.54) is 14.1 Å². The van der Waals surface area contributed by atoms with E-state index in [1.54, 1.807) is 0 Å². The summed E-state index contributed by atoms with van der Waals surface area (Å²) < 4.78 is 28.0. The van der Waals surface area contributed by atoms with E-state index in [1.807, 2.05) is 0 Å². The summed E-state index contributed by atoms with van der Waals surface area (Å²) in [6.45, 7) is 6.27. The van der Waals surface area contributed by atoms with Crippen molar-refractivity contribution in [2.75, 3.05) is 19.8 Å². The highest BCUT2D eigenvalue weighted by Crippen LogP contribution is 2.67. The van der Waals surface area contributed by atoms with Crippen molar-refractivity contribution in [1.29, 1.82) is 0 Å². The number of hydrogen-bond acceptors (Lipinski definition) is 5. The van der Waals surface area contributed by atoms with Crippen molar-refractivity contribution < 1.29 is 22.9 Å². The van der Waals surface area contributed by atoms with Crippen molar-refractivity contribution in [3.05, 3.63) is 0 Å². The molecule has 2 bridgehead atoms. The van der Waals surface area contributed by atoms with Gasteiger partial charge in [0, 0.05) is 18.6 Å². The molecular weight excluding hydrogens is 266 g/mol. The molecule has 1 aliphatic carbocycles. The summed E-state index contributed by atoms with van der Waals surface area (Å²) in [7, 11) is 0.332. The summed E-state index contributed by atoms with van der Waals surface area (Å²) >= 11 is 0. The lowest BCUT2D eigenvalue weighted by atomic mass is 9.65. The molecule has 7 heteroatoms. The highest BCUT2D eigenvalue weighted by molar-refractivity contribution is 7.42. The number of rotatable bonds is 0. The van der Waals surface area contributed by atoms with E-state index in [0.717, 1.165) is 19.3 Å². The van der Waals surface area contributed by atoms with Crippen LogP contribution in [0.1, 0.15) is 39.5 Å². The van der Waals surface area contributed by atoms with Gasteiger partial charge in [-0.25, -0.2) is 0 Å². The first kappa shape index (κ1) is 14.2. The Balaban J connectivity index is 0.000000339. The molecule has 0 aromatic rings. The lowest BCUT2D eigenvalue weighted by Crippen LogP contribution is -2.60. The zero-order valence-electron chi connectivity index (χ0n) is 11.6. The van der Waals surface area contributed by atoms with E-state index in [2.05, 4.69) is 13.8 Å². The Hall–Kier alpha value is 0.295. The smallest absolute Gasteiger partial charge is 0.412 e. The Labute approximate surface area is 116 Å². The van der Waals surface area contributed by atoms with Crippen LogP contribution in [0, 0.1) is 5.41 Å². The van der Waals surface area contributed by atoms with Gasteiger partial charge in [0.05, 0.1) is 6.61 Å². The Morgan fingerprint density at radius 3 is 2.58 bits per heavy atom. The topological polar surface area (TPSA) is 46.2 Å². The third kappa shape index (κ3) is 2.37. The molecule has 1 radical (unpaired) electrons. The van der Waals surface area contributed by atoms with Crippen LogP contribution in [0.25, 0.3) is 0 Å². The van der Waals surface area contributed by atoms with E-state index in [-0.39, 0.29) is 17.1 Å². The van der Waals surface area contributed by atoms with Crippen LogP contribution >= 0.6 is 8.60 Å². The first-order valence-electron chi connectivity index (χ1n) is 7.08. The summed E-state index contributed by atoms with van der Waals surface area (Å²) in [6, 6.07) is 0. The first-order chi connectivity index (χ1) is 9.25. The minimum absolute atomic E-state index is 0.0339. The summed E-state index contributed by atoms with van der Waals surface area (Å²) in [5, 5.41) is 0. The largest absolute Gasteiger partial charge is 0.488 e. The molecule has 2 spiro atoms. The van der Waals surface area contributed by atoms with Gasteiger partial charge in [-0.1, -0.05) is 20.3 Å². The molecule has 4 aliphatic rings. The normalized spacial score (nSPS) is 42.2. The lowest BCUT2D eigenvalue weighted by Gasteiger charge is -2.49. The van der Waals surface area contributed by atoms with Gasteiger partial charge in [0.15, 0.2) is 0 Å². The SMILES string of the molecule is CCC.[B]1OCC2(CCCC34COP(OC23)O4)CO1. The Bertz CT molecular complexity index is 320. The molecule has 5 nitrogen and oxygen atoms in total. The van der Waals surface area contributed by atoms with Gasteiger partial charge >= 0.3 is 16.3 Å². The molecule has 3 unspecified atom stereocenters. The van der Waals surface area contributed by atoms with Crippen LogP contribution in [0.15, 0.2) is 0 Å². The van der Waals surface area contributed by atoms with Crippen molar-refractivity contribution in [2.45, 2.75) is 51.2 Å². The van der Waals surface area contributed by atoms with Crippen molar-refractivity contribution >= 4 is 16.3 Å². The van der Waals surface area contributed by atoms with Gasteiger partial charge in [-0.3, -0.25) is 0 Å². The summed E-state index contributed by atoms with van der Waals surface area (Å²) in [5.41, 5.74) is -0.248. The monoisotopic (exact) mass is 287 g/mol. The second-order valence-electron chi connectivity index (χ2n) is 5.78. The van der Waals surface area contributed by atoms with Crippen molar-refractivity contribution in [3.8, 4) is 0 Å². The maximum absolute atomic E-state index is 5.89. The third-order valence-electron chi connectivity index (χ3n) is 4.05.